The molecule has 0 bridgehead atoms. The highest BCUT2D eigenvalue weighted by Crippen LogP contribution is 2.15. The van der Waals surface area contributed by atoms with Crippen molar-refractivity contribution in [2.75, 3.05) is 0 Å². The fourth-order valence-corrected chi connectivity index (χ4v) is 1.34. The minimum absolute atomic E-state index is 0.803. The molecule has 0 radical (unpaired) electrons. The maximum atomic E-state index is 4.17. The smallest absolute Gasteiger partial charge is 0.0489 e. The van der Waals surface area contributed by atoms with Crippen LogP contribution in [0.3, 0.4) is 0 Å². The molecule has 1 unspecified atom stereocenters. The Labute approximate surface area is 81.0 Å². The van der Waals surface area contributed by atoms with E-state index in [0.29, 0.717) is 0 Å². The molecular weight excluding hydrogens is 160 g/mol. The van der Waals surface area contributed by atoms with Gasteiger partial charge in [0.15, 0.2) is 0 Å². The SMILES string of the molecule is CC(C)C(C)CCCn1cccn1. The van der Waals surface area contributed by atoms with Crippen LogP contribution < -0.4 is 0 Å². The second-order valence-corrected chi connectivity index (χ2v) is 4.13. The summed E-state index contributed by atoms with van der Waals surface area (Å²) in [7, 11) is 0. The first-order valence-corrected chi connectivity index (χ1v) is 5.17. The summed E-state index contributed by atoms with van der Waals surface area (Å²) in [5.41, 5.74) is 0. The summed E-state index contributed by atoms with van der Waals surface area (Å²) < 4.78 is 2.01. The summed E-state index contributed by atoms with van der Waals surface area (Å²) in [6.07, 6.45) is 6.41. The van der Waals surface area contributed by atoms with E-state index < -0.39 is 0 Å². The molecule has 2 heteroatoms. The fraction of sp³-hybridized carbons (Fsp3) is 0.727. The summed E-state index contributed by atoms with van der Waals surface area (Å²) >= 11 is 0. The Bertz CT molecular complexity index is 214. The maximum Gasteiger partial charge on any atom is 0.0489 e. The van der Waals surface area contributed by atoms with Gasteiger partial charge in [-0.05, 0) is 30.7 Å². The van der Waals surface area contributed by atoms with Crippen molar-refractivity contribution >= 4 is 0 Å². The molecule has 0 saturated carbocycles. The highest BCUT2D eigenvalue weighted by molar-refractivity contribution is 4.77. The molecule has 13 heavy (non-hydrogen) atoms. The summed E-state index contributed by atoms with van der Waals surface area (Å²) in [4.78, 5) is 0. The number of aromatic nitrogens is 2. The zero-order chi connectivity index (χ0) is 9.68. The van der Waals surface area contributed by atoms with Gasteiger partial charge in [0.05, 0.1) is 0 Å². The van der Waals surface area contributed by atoms with Crippen LogP contribution >= 0.6 is 0 Å². The van der Waals surface area contributed by atoms with E-state index in [1.807, 2.05) is 23.1 Å². The molecule has 2 nitrogen and oxygen atoms in total. The molecule has 0 aliphatic rings. The Morgan fingerprint density at radius 1 is 1.31 bits per heavy atom. The lowest BCUT2D eigenvalue weighted by molar-refractivity contribution is 0.367. The third-order valence-electron chi connectivity index (χ3n) is 2.74. The first-order chi connectivity index (χ1) is 6.20. The van der Waals surface area contributed by atoms with Crippen molar-refractivity contribution in [1.29, 1.82) is 0 Å². The largest absolute Gasteiger partial charge is 0.273 e. The quantitative estimate of drug-likeness (QED) is 0.681. The van der Waals surface area contributed by atoms with Gasteiger partial charge < -0.3 is 0 Å². The molecule has 0 fully saturated rings. The second-order valence-electron chi connectivity index (χ2n) is 4.13. The minimum Gasteiger partial charge on any atom is -0.273 e. The number of hydrogen-bond donors (Lipinski definition) is 0. The lowest BCUT2D eigenvalue weighted by Crippen LogP contribution is -2.06. The van der Waals surface area contributed by atoms with E-state index in [2.05, 4.69) is 25.9 Å². The molecular formula is C11H20N2. The van der Waals surface area contributed by atoms with Crippen molar-refractivity contribution in [1.82, 2.24) is 9.78 Å². The van der Waals surface area contributed by atoms with Gasteiger partial charge in [-0.2, -0.15) is 5.10 Å². The van der Waals surface area contributed by atoms with Crippen molar-refractivity contribution in [2.24, 2.45) is 11.8 Å². The van der Waals surface area contributed by atoms with Crippen LogP contribution in [0.5, 0.6) is 0 Å². The monoisotopic (exact) mass is 180 g/mol. The van der Waals surface area contributed by atoms with Crippen molar-refractivity contribution in [3.8, 4) is 0 Å². The number of rotatable bonds is 5. The van der Waals surface area contributed by atoms with Crippen LogP contribution in [0, 0.1) is 11.8 Å². The average molecular weight is 180 g/mol. The van der Waals surface area contributed by atoms with Crippen LogP contribution in [-0.4, -0.2) is 9.78 Å². The molecule has 0 aliphatic heterocycles. The van der Waals surface area contributed by atoms with Gasteiger partial charge in [-0.3, -0.25) is 4.68 Å². The minimum atomic E-state index is 0.803. The van der Waals surface area contributed by atoms with Gasteiger partial charge >= 0.3 is 0 Å². The highest BCUT2D eigenvalue weighted by Gasteiger charge is 2.05. The van der Waals surface area contributed by atoms with Crippen molar-refractivity contribution in [3.05, 3.63) is 18.5 Å². The van der Waals surface area contributed by atoms with Gasteiger partial charge in [-0.25, -0.2) is 0 Å². The normalized spacial score (nSPS) is 13.5. The van der Waals surface area contributed by atoms with Crippen LogP contribution in [0.4, 0.5) is 0 Å². The Morgan fingerprint density at radius 3 is 2.62 bits per heavy atom. The Balaban J connectivity index is 2.14. The van der Waals surface area contributed by atoms with E-state index in [1.165, 1.54) is 12.8 Å². The molecule has 1 aromatic rings. The van der Waals surface area contributed by atoms with E-state index in [9.17, 15) is 0 Å². The predicted octanol–water partition coefficient (Wildman–Crippen LogP) is 2.96. The van der Waals surface area contributed by atoms with Crippen LogP contribution in [0.25, 0.3) is 0 Å². The van der Waals surface area contributed by atoms with E-state index in [1.54, 1.807) is 0 Å². The van der Waals surface area contributed by atoms with Gasteiger partial charge in [0.25, 0.3) is 0 Å². The molecule has 0 saturated heterocycles. The molecule has 0 aliphatic carbocycles. The van der Waals surface area contributed by atoms with Gasteiger partial charge in [-0.1, -0.05) is 20.8 Å². The van der Waals surface area contributed by atoms with E-state index in [4.69, 9.17) is 0 Å². The lowest BCUT2D eigenvalue weighted by Gasteiger charge is -2.14. The molecule has 1 heterocycles. The van der Waals surface area contributed by atoms with Crippen LogP contribution in [0.1, 0.15) is 33.6 Å². The van der Waals surface area contributed by atoms with Crippen LogP contribution in [0.2, 0.25) is 0 Å². The van der Waals surface area contributed by atoms with Crippen LogP contribution in [0.15, 0.2) is 18.5 Å². The van der Waals surface area contributed by atoms with Gasteiger partial charge in [0.1, 0.15) is 0 Å². The van der Waals surface area contributed by atoms with Gasteiger partial charge in [0, 0.05) is 18.9 Å². The lowest BCUT2D eigenvalue weighted by atomic mass is 9.93. The molecule has 1 atom stereocenters. The number of aryl methyl sites for hydroxylation is 1. The average Bonchev–Trinajstić information content (AvgIpc) is 2.56. The van der Waals surface area contributed by atoms with Crippen molar-refractivity contribution in [2.45, 2.75) is 40.2 Å². The summed E-state index contributed by atoms with van der Waals surface area (Å²) in [6.45, 7) is 7.97. The molecule has 0 N–H and O–H groups in total. The Morgan fingerprint density at radius 2 is 2.08 bits per heavy atom. The van der Waals surface area contributed by atoms with E-state index in [-0.39, 0.29) is 0 Å². The van der Waals surface area contributed by atoms with Gasteiger partial charge in [0.2, 0.25) is 0 Å². The highest BCUT2D eigenvalue weighted by atomic mass is 15.3. The Hall–Kier alpha value is -0.790. The summed E-state index contributed by atoms with van der Waals surface area (Å²) in [5.74, 6) is 1.63. The Kier molecular flexibility index (Phi) is 4.00. The summed E-state index contributed by atoms with van der Waals surface area (Å²) in [5, 5.41) is 4.17. The van der Waals surface area contributed by atoms with Crippen molar-refractivity contribution in [3.63, 3.8) is 0 Å². The molecule has 0 amide bonds. The third kappa shape index (κ3) is 3.62. The van der Waals surface area contributed by atoms with E-state index >= 15 is 0 Å². The predicted molar refractivity (Wildman–Crippen MR) is 55.5 cm³/mol. The summed E-state index contributed by atoms with van der Waals surface area (Å²) in [6, 6.07) is 1.98. The first kappa shape index (κ1) is 10.3. The molecule has 0 spiro atoms. The second kappa shape index (κ2) is 5.05. The first-order valence-electron chi connectivity index (χ1n) is 5.17. The molecule has 1 aromatic heterocycles. The zero-order valence-corrected chi connectivity index (χ0v) is 8.90. The zero-order valence-electron chi connectivity index (χ0n) is 8.90. The topological polar surface area (TPSA) is 17.8 Å². The van der Waals surface area contributed by atoms with Crippen molar-refractivity contribution < 1.29 is 0 Å². The fourth-order valence-electron chi connectivity index (χ4n) is 1.34. The third-order valence-corrected chi connectivity index (χ3v) is 2.74. The molecule has 74 valence electrons. The van der Waals surface area contributed by atoms with Gasteiger partial charge in [-0.15, -0.1) is 0 Å². The molecule has 0 aromatic carbocycles. The number of hydrogen-bond acceptors (Lipinski definition) is 1. The maximum absolute atomic E-state index is 4.17. The standard InChI is InChI=1S/C11H20N2/c1-10(2)11(3)6-4-8-13-9-5-7-12-13/h5,7,9-11H,4,6,8H2,1-3H3. The van der Waals surface area contributed by atoms with E-state index in [0.717, 1.165) is 18.4 Å². The number of nitrogens with zero attached hydrogens (tertiary/aromatic N) is 2. The van der Waals surface area contributed by atoms with Crippen LogP contribution in [-0.2, 0) is 6.54 Å². The molecule has 1 rings (SSSR count).